The molecule has 2 aromatic rings. The first-order valence-electron chi connectivity index (χ1n) is 8.18. The number of hydrogen-bond donors (Lipinski definition) is 1. The van der Waals surface area contributed by atoms with Gasteiger partial charge >= 0.3 is 0 Å². The summed E-state index contributed by atoms with van der Waals surface area (Å²) in [6.07, 6.45) is 2.12. The Morgan fingerprint density at radius 3 is 2.71 bits per heavy atom. The molecule has 0 spiro atoms. The molecule has 1 aliphatic rings. The predicted molar refractivity (Wildman–Crippen MR) is 91.7 cm³/mol. The molecule has 0 bridgehead atoms. The SMILES string of the molecule is Cc1cc(NC(Cc2ccccc2)C(=O)N2CCOCC2)ncn1. The Balaban J connectivity index is 1.78. The van der Waals surface area contributed by atoms with E-state index in [-0.39, 0.29) is 11.9 Å². The molecule has 126 valence electrons. The van der Waals surface area contributed by atoms with E-state index in [0.717, 1.165) is 11.3 Å². The van der Waals surface area contributed by atoms with Crippen molar-refractivity contribution in [3.63, 3.8) is 0 Å². The van der Waals surface area contributed by atoms with Gasteiger partial charge in [0.25, 0.3) is 0 Å². The van der Waals surface area contributed by atoms with E-state index in [4.69, 9.17) is 4.74 Å². The maximum absolute atomic E-state index is 13.0. The van der Waals surface area contributed by atoms with Gasteiger partial charge in [-0.05, 0) is 12.5 Å². The normalized spacial score (nSPS) is 15.8. The van der Waals surface area contributed by atoms with Crippen LogP contribution in [-0.4, -0.2) is 53.1 Å². The maximum atomic E-state index is 13.0. The number of rotatable bonds is 5. The van der Waals surface area contributed by atoms with Gasteiger partial charge in [-0.2, -0.15) is 0 Å². The van der Waals surface area contributed by atoms with E-state index in [1.807, 2.05) is 48.2 Å². The molecule has 3 rings (SSSR count). The lowest BCUT2D eigenvalue weighted by atomic mass is 10.0. The standard InChI is InChI=1S/C18H22N4O2/c1-14-11-17(20-13-19-14)21-16(12-15-5-3-2-4-6-15)18(23)22-7-9-24-10-8-22/h2-6,11,13,16H,7-10,12H2,1H3,(H,19,20,21). The molecule has 0 saturated carbocycles. The van der Waals surface area contributed by atoms with Crippen molar-refractivity contribution in [3.05, 3.63) is 54.0 Å². The van der Waals surface area contributed by atoms with E-state index in [2.05, 4.69) is 15.3 Å². The Bertz CT molecular complexity index is 672. The average Bonchev–Trinajstić information content (AvgIpc) is 2.62. The minimum atomic E-state index is -0.361. The Kier molecular flexibility index (Phi) is 5.38. The van der Waals surface area contributed by atoms with Gasteiger partial charge in [0.15, 0.2) is 0 Å². The molecule has 6 heteroatoms. The third kappa shape index (κ3) is 4.29. The molecule has 6 nitrogen and oxygen atoms in total. The highest BCUT2D eigenvalue weighted by Crippen LogP contribution is 2.13. The summed E-state index contributed by atoms with van der Waals surface area (Å²) in [7, 11) is 0. The fourth-order valence-electron chi connectivity index (χ4n) is 2.77. The zero-order chi connectivity index (χ0) is 16.8. The second kappa shape index (κ2) is 7.88. The summed E-state index contributed by atoms with van der Waals surface area (Å²) in [5.74, 6) is 0.753. The van der Waals surface area contributed by atoms with Crippen LogP contribution in [0, 0.1) is 6.92 Å². The minimum Gasteiger partial charge on any atom is -0.378 e. The first-order valence-corrected chi connectivity index (χ1v) is 8.18. The number of amides is 1. The number of hydrogen-bond acceptors (Lipinski definition) is 5. The van der Waals surface area contributed by atoms with Crippen LogP contribution in [0.5, 0.6) is 0 Å². The van der Waals surface area contributed by atoms with Gasteiger partial charge in [-0.1, -0.05) is 30.3 Å². The molecular weight excluding hydrogens is 304 g/mol. The lowest BCUT2D eigenvalue weighted by Gasteiger charge is -2.31. The molecule has 1 saturated heterocycles. The van der Waals surface area contributed by atoms with Crippen molar-refractivity contribution < 1.29 is 9.53 Å². The smallest absolute Gasteiger partial charge is 0.245 e. The van der Waals surface area contributed by atoms with Crippen LogP contribution < -0.4 is 5.32 Å². The summed E-state index contributed by atoms with van der Waals surface area (Å²) < 4.78 is 5.35. The Hall–Kier alpha value is -2.47. The van der Waals surface area contributed by atoms with E-state index < -0.39 is 0 Å². The van der Waals surface area contributed by atoms with Crippen LogP contribution in [0.1, 0.15) is 11.3 Å². The van der Waals surface area contributed by atoms with Crippen LogP contribution in [0.25, 0.3) is 0 Å². The Morgan fingerprint density at radius 1 is 1.25 bits per heavy atom. The summed E-state index contributed by atoms with van der Waals surface area (Å²) in [5, 5.41) is 3.28. The van der Waals surface area contributed by atoms with Crippen LogP contribution in [0.4, 0.5) is 5.82 Å². The first kappa shape index (κ1) is 16.4. The zero-order valence-corrected chi connectivity index (χ0v) is 13.8. The van der Waals surface area contributed by atoms with Crippen LogP contribution >= 0.6 is 0 Å². The van der Waals surface area contributed by atoms with Crippen molar-refractivity contribution in [2.45, 2.75) is 19.4 Å². The van der Waals surface area contributed by atoms with Crippen LogP contribution in [0.15, 0.2) is 42.7 Å². The van der Waals surface area contributed by atoms with Gasteiger partial charge in [0.1, 0.15) is 18.2 Å². The van der Waals surface area contributed by atoms with E-state index in [1.165, 1.54) is 6.33 Å². The van der Waals surface area contributed by atoms with Crippen LogP contribution in [0.2, 0.25) is 0 Å². The molecule has 24 heavy (non-hydrogen) atoms. The van der Waals surface area contributed by atoms with Gasteiger partial charge in [0.05, 0.1) is 13.2 Å². The second-order valence-corrected chi connectivity index (χ2v) is 5.87. The Labute approximate surface area is 141 Å². The van der Waals surface area contributed by atoms with E-state index in [0.29, 0.717) is 38.5 Å². The maximum Gasteiger partial charge on any atom is 0.245 e. The molecule has 1 atom stereocenters. The van der Waals surface area contributed by atoms with Gasteiger partial charge < -0.3 is 15.0 Å². The number of aryl methyl sites for hydroxylation is 1. The number of morpholine rings is 1. The van der Waals surface area contributed by atoms with E-state index >= 15 is 0 Å². The number of anilines is 1. The van der Waals surface area contributed by atoms with Gasteiger partial charge in [-0.25, -0.2) is 9.97 Å². The fourth-order valence-corrected chi connectivity index (χ4v) is 2.77. The monoisotopic (exact) mass is 326 g/mol. The van der Waals surface area contributed by atoms with Crippen molar-refractivity contribution in [1.82, 2.24) is 14.9 Å². The summed E-state index contributed by atoms with van der Waals surface area (Å²) in [6.45, 7) is 4.36. The van der Waals surface area contributed by atoms with Crippen molar-refractivity contribution in [2.24, 2.45) is 0 Å². The number of carbonyl (C=O) groups excluding carboxylic acids is 1. The number of nitrogens with zero attached hydrogens (tertiary/aromatic N) is 3. The molecule has 2 heterocycles. The fraction of sp³-hybridized carbons (Fsp3) is 0.389. The van der Waals surface area contributed by atoms with Crippen molar-refractivity contribution in [1.29, 1.82) is 0 Å². The molecule has 1 amide bonds. The van der Waals surface area contributed by atoms with Crippen molar-refractivity contribution in [3.8, 4) is 0 Å². The number of ether oxygens (including phenoxy) is 1. The third-order valence-corrected chi connectivity index (χ3v) is 4.03. The molecule has 1 aromatic carbocycles. The summed E-state index contributed by atoms with van der Waals surface area (Å²) in [6, 6.07) is 11.5. The highest BCUT2D eigenvalue weighted by atomic mass is 16.5. The summed E-state index contributed by atoms with van der Waals surface area (Å²) in [5.41, 5.74) is 1.98. The molecule has 0 radical (unpaired) electrons. The van der Waals surface area contributed by atoms with Crippen LogP contribution in [-0.2, 0) is 16.0 Å². The molecule has 0 aliphatic carbocycles. The van der Waals surface area contributed by atoms with Gasteiger partial charge in [-0.15, -0.1) is 0 Å². The summed E-state index contributed by atoms with van der Waals surface area (Å²) >= 11 is 0. The highest BCUT2D eigenvalue weighted by Gasteiger charge is 2.26. The molecule has 1 unspecified atom stereocenters. The largest absolute Gasteiger partial charge is 0.378 e. The highest BCUT2D eigenvalue weighted by molar-refractivity contribution is 5.85. The molecular formula is C18H22N4O2. The molecule has 1 fully saturated rings. The van der Waals surface area contributed by atoms with Crippen LogP contribution in [0.3, 0.4) is 0 Å². The first-order chi connectivity index (χ1) is 11.7. The summed E-state index contributed by atoms with van der Waals surface area (Å²) in [4.78, 5) is 23.1. The van der Waals surface area contributed by atoms with E-state index in [1.54, 1.807) is 0 Å². The van der Waals surface area contributed by atoms with E-state index in [9.17, 15) is 4.79 Å². The lowest BCUT2D eigenvalue weighted by Crippen LogP contribution is -2.48. The number of benzene rings is 1. The molecule has 1 N–H and O–H groups in total. The topological polar surface area (TPSA) is 67.4 Å². The van der Waals surface area contributed by atoms with Crippen molar-refractivity contribution in [2.75, 3.05) is 31.6 Å². The zero-order valence-electron chi connectivity index (χ0n) is 13.8. The number of aromatic nitrogens is 2. The Morgan fingerprint density at radius 2 is 2.00 bits per heavy atom. The predicted octanol–water partition coefficient (Wildman–Crippen LogP) is 1.67. The third-order valence-electron chi connectivity index (χ3n) is 4.03. The molecule has 1 aromatic heterocycles. The second-order valence-electron chi connectivity index (χ2n) is 5.87. The minimum absolute atomic E-state index is 0.0819. The van der Waals surface area contributed by atoms with Gasteiger partial charge in [0, 0.05) is 31.3 Å². The van der Waals surface area contributed by atoms with Gasteiger partial charge in [0.2, 0.25) is 5.91 Å². The molecule has 1 aliphatic heterocycles. The van der Waals surface area contributed by atoms with Crippen molar-refractivity contribution >= 4 is 11.7 Å². The lowest BCUT2D eigenvalue weighted by molar-refractivity contribution is -0.136. The number of nitrogens with one attached hydrogen (secondary N) is 1. The van der Waals surface area contributed by atoms with Gasteiger partial charge in [-0.3, -0.25) is 4.79 Å². The average molecular weight is 326 g/mol. The quantitative estimate of drug-likeness (QED) is 0.905. The number of carbonyl (C=O) groups is 1.